The molecule has 0 aromatic carbocycles. The van der Waals surface area contributed by atoms with E-state index in [0.29, 0.717) is 31.3 Å². The molecular weight excluding hydrogens is 315 g/mol. The Labute approximate surface area is 137 Å². The van der Waals surface area contributed by atoms with Gasteiger partial charge in [-0.3, -0.25) is 9.89 Å². The van der Waals surface area contributed by atoms with E-state index in [9.17, 15) is 9.18 Å². The Hall–Kier alpha value is -2.55. The molecule has 2 aliphatic rings. The van der Waals surface area contributed by atoms with Crippen molar-refractivity contribution in [2.75, 3.05) is 25.0 Å². The third-order valence-corrected chi connectivity index (χ3v) is 4.50. The molecule has 4 heterocycles. The summed E-state index contributed by atoms with van der Waals surface area (Å²) in [5, 5.41) is 9.67. The Morgan fingerprint density at radius 1 is 1.46 bits per heavy atom. The largest absolute Gasteiger partial charge is 0.371 e. The van der Waals surface area contributed by atoms with Crippen LogP contribution in [0.3, 0.4) is 0 Å². The molecule has 2 saturated heterocycles. The van der Waals surface area contributed by atoms with E-state index in [1.165, 1.54) is 0 Å². The van der Waals surface area contributed by atoms with Gasteiger partial charge in [-0.25, -0.2) is 14.4 Å². The normalized spacial score (nSPS) is 26.2. The number of halogens is 1. The molecule has 0 aliphatic carbocycles. The number of carbonyl (C=O) groups is 1. The zero-order valence-corrected chi connectivity index (χ0v) is 12.9. The number of H-pyrrole nitrogens is 1. The average Bonchev–Trinajstić information content (AvgIpc) is 3.32. The van der Waals surface area contributed by atoms with E-state index in [0.717, 1.165) is 25.2 Å². The summed E-state index contributed by atoms with van der Waals surface area (Å²) in [5.41, 5.74) is 0.146. The quantitative estimate of drug-likeness (QED) is 0.864. The monoisotopic (exact) mass is 332 g/mol. The van der Waals surface area contributed by atoms with Gasteiger partial charge >= 0.3 is 0 Å². The van der Waals surface area contributed by atoms with Gasteiger partial charge in [0.1, 0.15) is 5.69 Å². The smallest absolute Gasteiger partial charge is 0.271 e. The fourth-order valence-electron chi connectivity index (χ4n) is 3.35. The van der Waals surface area contributed by atoms with E-state index in [1.54, 1.807) is 17.2 Å². The molecule has 2 aliphatic heterocycles. The fourth-order valence-corrected chi connectivity index (χ4v) is 3.35. The van der Waals surface area contributed by atoms with Crippen LogP contribution in [0.5, 0.6) is 0 Å². The maximum absolute atomic E-state index is 12.9. The maximum atomic E-state index is 12.9. The molecule has 9 heteroatoms. The van der Waals surface area contributed by atoms with Crippen LogP contribution in [0.15, 0.2) is 24.7 Å². The lowest BCUT2D eigenvalue weighted by atomic mass is 9.97. The second kappa shape index (κ2) is 5.82. The molecule has 1 amide bonds. The molecule has 2 atom stereocenters. The van der Waals surface area contributed by atoms with Crippen molar-refractivity contribution in [3.63, 3.8) is 0 Å². The lowest BCUT2D eigenvalue weighted by molar-refractivity contribution is 0.0124. The van der Waals surface area contributed by atoms with Crippen LogP contribution in [0.4, 0.5) is 10.3 Å². The molecule has 2 fully saturated rings. The number of hydrogen-bond donors (Lipinski definition) is 2. The molecule has 2 aromatic rings. The van der Waals surface area contributed by atoms with E-state index in [-0.39, 0.29) is 17.6 Å². The highest BCUT2D eigenvalue weighted by molar-refractivity contribution is 5.92. The molecular formula is C15H17FN6O2. The Morgan fingerprint density at radius 3 is 3.04 bits per heavy atom. The lowest BCUT2D eigenvalue weighted by Gasteiger charge is -2.23. The van der Waals surface area contributed by atoms with E-state index in [2.05, 4.69) is 25.5 Å². The highest BCUT2D eigenvalue weighted by Gasteiger charge is 2.47. The molecule has 24 heavy (non-hydrogen) atoms. The van der Waals surface area contributed by atoms with Gasteiger partial charge in [-0.15, -0.1) is 0 Å². The van der Waals surface area contributed by atoms with Crippen molar-refractivity contribution in [2.45, 2.75) is 24.5 Å². The second-order valence-corrected chi connectivity index (χ2v) is 6.21. The summed E-state index contributed by atoms with van der Waals surface area (Å²) in [7, 11) is 0. The van der Waals surface area contributed by atoms with Gasteiger partial charge in [0.2, 0.25) is 5.95 Å². The molecule has 8 nitrogen and oxygen atoms in total. The molecule has 0 radical (unpaired) electrons. The van der Waals surface area contributed by atoms with Gasteiger partial charge in [0, 0.05) is 19.2 Å². The summed E-state index contributed by atoms with van der Waals surface area (Å²) in [6.45, 7) is 1.71. The van der Waals surface area contributed by atoms with E-state index in [1.807, 2.05) is 0 Å². The van der Waals surface area contributed by atoms with Gasteiger partial charge in [0.25, 0.3) is 5.91 Å². The SMILES string of the molecule is O=C(c1ccn[nH]1)N1CC[C@@]2(C[C@@H](Nc3ncc(F)cn3)CO2)C1. The molecule has 2 N–H and O–H groups in total. The number of amides is 1. The maximum Gasteiger partial charge on any atom is 0.271 e. The van der Waals surface area contributed by atoms with E-state index < -0.39 is 5.82 Å². The van der Waals surface area contributed by atoms with Gasteiger partial charge in [-0.1, -0.05) is 0 Å². The number of nitrogens with one attached hydrogen (secondary N) is 2. The number of likely N-dealkylation sites (tertiary alicyclic amines) is 1. The van der Waals surface area contributed by atoms with Crippen molar-refractivity contribution in [1.82, 2.24) is 25.1 Å². The Bertz CT molecular complexity index is 722. The first-order valence-corrected chi connectivity index (χ1v) is 7.80. The van der Waals surface area contributed by atoms with Crippen molar-refractivity contribution in [3.05, 3.63) is 36.2 Å². The van der Waals surface area contributed by atoms with Crippen LogP contribution >= 0.6 is 0 Å². The van der Waals surface area contributed by atoms with Crippen LogP contribution in [-0.4, -0.2) is 62.3 Å². The van der Waals surface area contributed by atoms with Gasteiger partial charge in [-0.2, -0.15) is 5.10 Å². The molecule has 0 unspecified atom stereocenters. The third kappa shape index (κ3) is 2.82. The van der Waals surface area contributed by atoms with Crippen molar-refractivity contribution in [3.8, 4) is 0 Å². The predicted molar refractivity (Wildman–Crippen MR) is 81.8 cm³/mol. The first-order valence-electron chi connectivity index (χ1n) is 7.80. The summed E-state index contributed by atoms with van der Waals surface area (Å²) >= 11 is 0. The molecule has 0 saturated carbocycles. The average molecular weight is 332 g/mol. The number of aromatic amines is 1. The first-order chi connectivity index (χ1) is 11.6. The molecule has 1 spiro atoms. The number of anilines is 1. The summed E-state index contributed by atoms with van der Waals surface area (Å²) in [5.74, 6) is -0.153. The van der Waals surface area contributed by atoms with Crippen molar-refractivity contribution in [2.24, 2.45) is 0 Å². The highest BCUT2D eigenvalue weighted by Crippen LogP contribution is 2.36. The minimum atomic E-state index is -0.469. The van der Waals surface area contributed by atoms with Crippen LogP contribution in [0, 0.1) is 5.82 Å². The van der Waals surface area contributed by atoms with E-state index >= 15 is 0 Å². The number of rotatable bonds is 3. The van der Waals surface area contributed by atoms with Crippen LogP contribution in [-0.2, 0) is 4.74 Å². The van der Waals surface area contributed by atoms with Crippen LogP contribution in [0.1, 0.15) is 23.3 Å². The van der Waals surface area contributed by atoms with Crippen molar-refractivity contribution < 1.29 is 13.9 Å². The van der Waals surface area contributed by atoms with E-state index in [4.69, 9.17) is 4.74 Å². The number of ether oxygens (including phenoxy) is 1. The number of aromatic nitrogens is 4. The zero-order chi connectivity index (χ0) is 16.6. The van der Waals surface area contributed by atoms with Crippen LogP contribution < -0.4 is 5.32 Å². The fraction of sp³-hybridized carbons (Fsp3) is 0.467. The first kappa shape index (κ1) is 15.0. The van der Waals surface area contributed by atoms with Crippen LogP contribution in [0.25, 0.3) is 0 Å². The summed E-state index contributed by atoms with van der Waals surface area (Å²) < 4.78 is 18.8. The molecule has 0 bridgehead atoms. The standard InChI is InChI=1S/C15H17FN6O2/c16-10-6-17-14(18-7-10)20-11-5-15(24-8-11)2-4-22(9-15)13(23)12-1-3-19-21-12/h1,3,6-7,11H,2,4-5,8-9H2,(H,19,21)(H,17,18,20)/t11-,15-/m1/s1. The van der Waals surface area contributed by atoms with Gasteiger partial charge in [0.15, 0.2) is 5.82 Å². The minimum Gasteiger partial charge on any atom is -0.371 e. The van der Waals surface area contributed by atoms with Crippen molar-refractivity contribution >= 4 is 11.9 Å². The number of carbonyl (C=O) groups excluding carboxylic acids is 1. The Morgan fingerprint density at radius 2 is 2.29 bits per heavy atom. The number of nitrogens with zero attached hydrogens (tertiary/aromatic N) is 4. The van der Waals surface area contributed by atoms with Crippen molar-refractivity contribution in [1.29, 1.82) is 0 Å². The topological polar surface area (TPSA) is 96.0 Å². The van der Waals surface area contributed by atoms with Gasteiger partial charge < -0.3 is 15.0 Å². The molecule has 2 aromatic heterocycles. The molecule has 4 rings (SSSR count). The Balaban J connectivity index is 1.37. The summed E-state index contributed by atoms with van der Waals surface area (Å²) in [6, 6.07) is 1.71. The lowest BCUT2D eigenvalue weighted by Crippen LogP contribution is -2.36. The highest BCUT2D eigenvalue weighted by atomic mass is 19.1. The Kier molecular flexibility index (Phi) is 3.64. The minimum absolute atomic E-state index is 0.0395. The van der Waals surface area contributed by atoms with Gasteiger partial charge in [0.05, 0.1) is 37.2 Å². The number of hydrogen-bond acceptors (Lipinski definition) is 6. The third-order valence-electron chi connectivity index (χ3n) is 4.50. The second-order valence-electron chi connectivity index (χ2n) is 6.21. The predicted octanol–water partition coefficient (Wildman–Crippen LogP) is 0.824. The summed E-state index contributed by atoms with van der Waals surface area (Å²) in [4.78, 5) is 22.0. The van der Waals surface area contributed by atoms with Crippen LogP contribution in [0.2, 0.25) is 0 Å². The zero-order valence-electron chi connectivity index (χ0n) is 12.9. The molecule has 126 valence electrons. The van der Waals surface area contributed by atoms with Gasteiger partial charge in [-0.05, 0) is 12.5 Å². The summed E-state index contributed by atoms with van der Waals surface area (Å²) in [6.07, 6.45) is 5.35.